The third kappa shape index (κ3) is 6.00. The Bertz CT molecular complexity index is 1260. The van der Waals surface area contributed by atoms with Crippen LogP contribution in [-0.2, 0) is 17.1 Å². The van der Waals surface area contributed by atoms with Gasteiger partial charge in [-0.05, 0) is 29.8 Å². The maximum absolute atomic E-state index is 13.6. The third-order valence-corrected chi connectivity index (χ3v) is 5.62. The van der Waals surface area contributed by atoms with E-state index in [9.17, 15) is 36.2 Å². The van der Waals surface area contributed by atoms with Crippen molar-refractivity contribution in [1.82, 2.24) is 9.97 Å². The van der Waals surface area contributed by atoms with Crippen molar-refractivity contribution < 1.29 is 41.0 Å². The number of aliphatic hydroxyl groups is 1. The fraction of sp³-hybridized carbons (Fsp3) is 0.292. The largest absolute Gasteiger partial charge is 0.433 e. The highest BCUT2D eigenvalue weighted by molar-refractivity contribution is 6.07. The number of benzene rings is 1. The molecule has 3 heterocycles. The predicted molar refractivity (Wildman–Crippen MR) is 121 cm³/mol. The molecule has 4 rings (SSSR count). The summed E-state index contributed by atoms with van der Waals surface area (Å²) in [6.07, 6.45) is -7.93. The summed E-state index contributed by atoms with van der Waals surface area (Å²) in [5, 5.41) is 11.9. The molecule has 1 amide bonds. The van der Waals surface area contributed by atoms with Gasteiger partial charge in [0.1, 0.15) is 5.69 Å². The first-order valence-corrected chi connectivity index (χ1v) is 11.0. The number of rotatable bonds is 5. The van der Waals surface area contributed by atoms with Crippen molar-refractivity contribution >= 4 is 17.3 Å². The molecule has 1 aromatic carbocycles. The quantitative estimate of drug-likeness (QED) is 0.472. The van der Waals surface area contributed by atoms with Gasteiger partial charge < -0.3 is 20.1 Å². The molecule has 7 nitrogen and oxygen atoms in total. The first-order valence-electron chi connectivity index (χ1n) is 11.0. The molecule has 0 spiro atoms. The second-order valence-corrected chi connectivity index (χ2v) is 8.14. The van der Waals surface area contributed by atoms with Gasteiger partial charge in [-0.3, -0.25) is 4.79 Å². The summed E-state index contributed by atoms with van der Waals surface area (Å²) in [4.78, 5) is 22.2. The molecule has 0 bridgehead atoms. The monoisotopic (exact) mass is 526 g/mol. The number of aliphatic hydroxyl groups excluding tert-OH is 1. The highest BCUT2D eigenvalue weighted by Crippen LogP contribution is 2.38. The second-order valence-electron chi connectivity index (χ2n) is 8.14. The first kappa shape index (κ1) is 26.4. The molecule has 1 aliphatic rings. The summed E-state index contributed by atoms with van der Waals surface area (Å²) in [5.41, 5.74) is -2.10. The maximum Gasteiger partial charge on any atom is 0.433 e. The van der Waals surface area contributed by atoms with E-state index in [-0.39, 0.29) is 54.5 Å². The average Bonchev–Trinajstić information content (AvgIpc) is 2.87. The van der Waals surface area contributed by atoms with Crippen molar-refractivity contribution in [3.8, 4) is 11.1 Å². The topological polar surface area (TPSA) is 87.6 Å². The van der Waals surface area contributed by atoms with Gasteiger partial charge in [0.15, 0.2) is 5.69 Å². The summed E-state index contributed by atoms with van der Waals surface area (Å²) < 4.78 is 84.6. The lowest BCUT2D eigenvalue weighted by Gasteiger charge is -2.34. The van der Waals surface area contributed by atoms with Gasteiger partial charge in [0.25, 0.3) is 5.91 Å². The Morgan fingerprint density at radius 1 is 1.05 bits per heavy atom. The van der Waals surface area contributed by atoms with E-state index in [1.807, 2.05) is 0 Å². The highest BCUT2D eigenvalue weighted by atomic mass is 19.4. The van der Waals surface area contributed by atoms with E-state index in [1.54, 1.807) is 4.90 Å². The fourth-order valence-electron chi connectivity index (χ4n) is 3.87. The van der Waals surface area contributed by atoms with Crippen LogP contribution in [0.15, 0.2) is 54.9 Å². The summed E-state index contributed by atoms with van der Waals surface area (Å²) in [7, 11) is 0. The van der Waals surface area contributed by atoms with Crippen molar-refractivity contribution in [2.75, 3.05) is 36.5 Å². The lowest BCUT2D eigenvalue weighted by Crippen LogP contribution is -2.44. The van der Waals surface area contributed by atoms with Crippen LogP contribution in [0.4, 0.5) is 37.7 Å². The number of halogens is 6. The van der Waals surface area contributed by atoms with Crippen molar-refractivity contribution in [2.45, 2.75) is 18.5 Å². The predicted octanol–water partition coefficient (Wildman–Crippen LogP) is 4.63. The van der Waals surface area contributed by atoms with Crippen molar-refractivity contribution in [1.29, 1.82) is 0 Å². The number of hydrogen-bond acceptors (Lipinski definition) is 6. The normalized spacial score (nSPS) is 16.5. The van der Waals surface area contributed by atoms with Gasteiger partial charge in [0.05, 0.1) is 42.5 Å². The summed E-state index contributed by atoms with van der Waals surface area (Å²) >= 11 is 0. The van der Waals surface area contributed by atoms with E-state index in [1.165, 1.54) is 24.3 Å². The number of hydrogen-bond donors (Lipinski definition) is 2. The Labute approximate surface area is 206 Å². The lowest BCUT2D eigenvalue weighted by atomic mass is 9.99. The van der Waals surface area contributed by atoms with Crippen molar-refractivity contribution in [3.63, 3.8) is 0 Å². The zero-order chi connectivity index (χ0) is 26.8. The van der Waals surface area contributed by atoms with Crippen LogP contribution in [0.1, 0.15) is 21.7 Å². The number of carbonyl (C=O) groups is 1. The van der Waals surface area contributed by atoms with E-state index in [4.69, 9.17) is 4.74 Å². The lowest BCUT2D eigenvalue weighted by molar-refractivity contribution is -0.141. The number of amides is 1. The fourth-order valence-corrected chi connectivity index (χ4v) is 3.87. The molecule has 0 unspecified atom stereocenters. The summed E-state index contributed by atoms with van der Waals surface area (Å²) in [6.45, 7) is 0.243. The van der Waals surface area contributed by atoms with Crippen LogP contribution in [0.25, 0.3) is 11.1 Å². The minimum atomic E-state index is -4.65. The van der Waals surface area contributed by atoms with Crippen LogP contribution in [0.3, 0.4) is 0 Å². The minimum absolute atomic E-state index is 0.0348. The average molecular weight is 526 g/mol. The van der Waals surface area contributed by atoms with Crippen molar-refractivity contribution in [2.24, 2.45) is 0 Å². The number of nitrogens with zero attached hydrogens (tertiary/aromatic N) is 3. The van der Waals surface area contributed by atoms with Crippen LogP contribution in [-0.4, -0.2) is 53.4 Å². The number of ether oxygens (including phenoxy) is 1. The Hall–Kier alpha value is -3.71. The van der Waals surface area contributed by atoms with E-state index < -0.39 is 35.6 Å². The van der Waals surface area contributed by atoms with Gasteiger partial charge >= 0.3 is 12.4 Å². The maximum atomic E-state index is 13.6. The number of nitrogens with one attached hydrogen (secondary N) is 1. The number of aromatic nitrogens is 2. The smallest absolute Gasteiger partial charge is 0.394 e. The molecule has 1 atom stereocenters. The Morgan fingerprint density at radius 3 is 2.46 bits per heavy atom. The van der Waals surface area contributed by atoms with Gasteiger partial charge in [-0.1, -0.05) is 18.2 Å². The van der Waals surface area contributed by atoms with E-state index in [0.717, 1.165) is 24.5 Å². The van der Waals surface area contributed by atoms with Gasteiger partial charge in [-0.25, -0.2) is 9.97 Å². The SMILES string of the molecule is O=C(Nc1ccc(C(F)(F)F)nc1)c1ncc(-c2ccccc2C(F)(F)F)cc1N1CCO[C@H](CO)C1. The van der Waals surface area contributed by atoms with Crippen molar-refractivity contribution in [3.05, 3.63) is 71.8 Å². The second kappa shape index (κ2) is 10.3. The number of carbonyl (C=O) groups excluding carboxylic acids is 1. The summed E-state index contributed by atoms with van der Waals surface area (Å²) in [6, 6.07) is 8.04. The molecule has 196 valence electrons. The Kier molecular flexibility index (Phi) is 7.37. The van der Waals surface area contributed by atoms with Gasteiger partial charge in [0.2, 0.25) is 0 Å². The van der Waals surface area contributed by atoms with Gasteiger partial charge in [-0.15, -0.1) is 0 Å². The molecule has 1 saturated heterocycles. The molecule has 3 aromatic rings. The first-order chi connectivity index (χ1) is 17.5. The van der Waals surface area contributed by atoms with E-state index >= 15 is 0 Å². The van der Waals surface area contributed by atoms with Gasteiger partial charge in [-0.2, -0.15) is 26.3 Å². The molecule has 0 aliphatic carbocycles. The molecule has 1 fully saturated rings. The van der Waals surface area contributed by atoms with Crippen LogP contribution in [0, 0.1) is 0 Å². The Balaban J connectivity index is 1.72. The third-order valence-electron chi connectivity index (χ3n) is 5.62. The molecule has 13 heteroatoms. The number of morpholine rings is 1. The molecule has 2 N–H and O–H groups in total. The number of alkyl halides is 6. The number of pyridine rings is 2. The number of anilines is 2. The van der Waals surface area contributed by atoms with E-state index in [2.05, 4.69) is 15.3 Å². The highest BCUT2D eigenvalue weighted by Gasteiger charge is 2.34. The molecule has 0 radical (unpaired) electrons. The molecule has 0 saturated carbocycles. The van der Waals surface area contributed by atoms with E-state index in [0.29, 0.717) is 6.07 Å². The molecule has 2 aromatic heterocycles. The molecular weight excluding hydrogens is 506 g/mol. The Morgan fingerprint density at radius 2 is 1.81 bits per heavy atom. The standard InChI is InChI=1S/C24H20F6N4O3/c25-23(26,27)18-4-2-1-3-17(18)14-9-19(34-7-8-37-16(12-34)13-35)21(32-10-14)22(36)33-15-5-6-20(31-11-15)24(28,29)30/h1-6,9-11,16,35H,7-8,12-13H2,(H,33,36)/t16-/m0/s1. The zero-order valence-electron chi connectivity index (χ0n) is 19.0. The van der Waals surface area contributed by atoms with Gasteiger partial charge in [0, 0.05) is 24.8 Å². The zero-order valence-corrected chi connectivity index (χ0v) is 19.0. The van der Waals surface area contributed by atoms with Crippen LogP contribution in [0.2, 0.25) is 0 Å². The van der Waals surface area contributed by atoms with Crippen LogP contribution >= 0.6 is 0 Å². The summed E-state index contributed by atoms with van der Waals surface area (Å²) in [5.74, 6) is -0.806. The molecule has 1 aliphatic heterocycles. The molecular formula is C24H20F6N4O3. The molecule has 37 heavy (non-hydrogen) atoms. The van der Waals surface area contributed by atoms with Crippen LogP contribution < -0.4 is 10.2 Å². The minimum Gasteiger partial charge on any atom is -0.394 e. The van der Waals surface area contributed by atoms with Crippen LogP contribution in [0.5, 0.6) is 0 Å².